The highest BCUT2D eigenvalue weighted by Gasteiger charge is 2.25. The molecule has 0 saturated carbocycles. The second-order valence-electron chi connectivity index (χ2n) is 5.91. The highest BCUT2D eigenvalue weighted by atomic mass is 15.3. The summed E-state index contributed by atoms with van der Waals surface area (Å²) in [6.45, 7) is 11.1. The molecule has 1 atom stereocenters. The summed E-state index contributed by atoms with van der Waals surface area (Å²) in [4.78, 5) is 0. The first-order valence-electron chi connectivity index (χ1n) is 7.24. The fourth-order valence-electron chi connectivity index (χ4n) is 2.12. The molecule has 0 amide bonds. The van der Waals surface area contributed by atoms with Crippen LogP contribution in [0.2, 0.25) is 0 Å². The lowest BCUT2D eigenvalue weighted by Crippen LogP contribution is -2.38. The maximum atomic E-state index is 6.30. The minimum atomic E-state index is 0.174. The van der Waals surface area contributed by atoms with Crippen molar-refractivity contribution in [2.45, 2.75) is 72.4 Å². The van der Waals surface area contributed by atoms with Gasteiger partial charge in [-0.1, -0.05) is 34.6 Å². The molecule has 1 aromatic rings. The molecule has 1 aromatic heterocycles. The molecule has 3 heteroatoms. The molecule has 18 heavy (non-hydrogen) atoms. The second-order valence-corrected chi connectivity index (χ2v) is 5.91. The van der Waals surface area contributed by atoms with E-state index in [0.717, 1.165) is 31.4 Å². The van der Waals surface area contributed by atoms with Crippen molar-refractivity contribution in [1.29, 1.82) is 0 Å². The normalized spacial score (nSPS) is 14.2. The van der Waals surface area contributed by atoms with Gasteiger partial charge in [0.1, 0.15) is 0 Å². The first-order valence-corrected chi connectivity index (χ1v) is 7.24. The topological polar surface area (TPSA) is 43.8 Å². The van der Waals surface area contributed by atoms with Crippen LogP contribution in [0.1, 0.15) is 65.6 Å². The summed E-state index contributed by atoms with van der Waals surface area (Å²) in [5.41, 5.74) is 7.60. The van der Waals surface area contributed by atoms with E-state index >= 15 is 0 Å². The maximum Gasteiger partial charge on any atom is 0.0640 e. The van der Waals surface area contributed by atoms with Crippen molar-refractivity contribution in [3.05, 3.63) is 18.0 Å². The Hall–Kier alpha value is -0.830. The summed E-state index contributed by atoms with van der Waals surface area (Å²) in [5.74, 6) is 0. The summed E-state index contributed by atoms with van der Waals surface area (Å²) in [7, 11) is 0. The number of aromatic nitrogens is 2. The number of hydrogen-bond acceptors (Lipinski definition) is 2. The number of rotatable bonds is 7. The molecule has 0 aliphatic carbocycles. The quantitative estimate of drug-likeness (QED) is 0.805. The fraction of sp³-hybridized carbons (Fsp3) is 0.800. The van der Waals surface area contributed by atoms with E-state index in [9.17, 15) is 0 Å². The van der Waals surface area contributed by atoms with Crippen molar-refractivity contribution < 1.29 is 0 Å². The summed E-state index contributed by atoms with van der Waals surface area (Å²) in [6.07, 6.45) is 6.32. The van der Waals surface area contributed by atoms with Gasteiger partial charge in [0.2, 0.25) is 0 Å². The van der Waals surface area contributed by atoms with Gasteiger partial charge in [0.15, 0.2) is 0 Å². The van der Waals surface area contributed by atoms with E-state index < -0.39 is 0 Å². The molecule has 1 rings (SSSR count). The zero-order valence-corrected chi connectivity index (χ0v) is 12.6. The summed E-state index contributed by atoms with van der Waals surface area (Å²) >= 11 is 0. The Labute approximate surface area is 112 Å². The van der Waals surface area contributed by atoms with Crippen molar-refractivity contribution >= 4 is 0 Å². The standard InChI is InChI=1S/C15H29N3/c1-6-13(7-2)18-10-9-12(17-18)11-14(16)15(4,5)8-3/h9-10,13-14H,6-8,11,16H2,1-5H3. The van der Waals surface area contributed by atoms with Gasteiger partial charge in [-0.2, -0.15) is 5.10 Å². The average molecular weight is 251 g/mol. The highest BCUT2D eigenvalue weighted by molar-refractivity contribution is 5.03. The van der Waals surface area contributed by atoms with Crippen LogP contribution >= 0.6 is 0 Å². The highest BCUT2D eigenvalue weighted by Crippen LogP contribution is 2.25. The molecule has 0 aliphatic heterocycles. The number of nitrogens with zero attached hydrogens (tertiary/aromatic N) is 2. The van der Waals surface area contributed by atoms with Gasteiger partial charge in [-0.15, -0.1) is 0 Å². The van der Waals surface area contributed by atoms with Crippen LogP contribution in [-0.4, -0.2) is 15.8 Å². The molecule has 0 saturated heterocycles. The van der Waals surface area contributed by atoms with Crippen LogP contribution in [0.5, 0.6) is 0 Å². The molecular formula is C15H29N3. The van der Waals surface area contributed by atoms with E-state index in [4.69, 9.17) is 5.73 Å². The molecule has 0 fully saturated rings. The third-order valence-electron chi connectivity index (χ3n) is 4.32. The summed E-state index contributed by atoms with van der Waals surface area (Å²) < 4.78 is 2.10. The van der Waals surface area contributed by atoms with Crippen molar-refractivity contribution in [3.63, 3.8) is 0 Å². The first kappa shape index (κ1) is 15.2. The molecule has 104 valence electrons. The van der Waals surface area contributed by atoms with E-state index in [2.05, 4.69) is 56.7 Å². The zero-order chi connectivity index (χ0) is 13.8. The van der Waals surface area contributed by atoms with Gasteiger partial charge >= 0.3 is 0 Å². The van der Waals surface area contributed by atoms with Gasteiger partial charge in [0.25, 0.3) is 0 Å². The van der Waals surface area contributed by atoms with Gasteiger partial charge in [0.05, 0.1) is 11.7 Å². The van der Waals surface area contributed by atoms with Gasteiger partial charge in [0, 0.05) is 18.7 Å². The van der Waals surface area contributed by atoms with Crippen molar-refractivity contribution in [2.75, 3.05) is 0 Å². The molecular weight excluding hydrogens is 222 g/mol. The van der Waals surface area contributed by atoms with Crippen molar-refractivity contribution in [1.82, 2.24) is 9.78 Å². The van der Waals surface area contributed by atoms with E-state index in [1.807, 2.05) is 0 Å². The summed E-state index contributed by atoms with van der Waals surface area (Å²) in [6, 6.07) is 2.81. The van der Waals surface area contributed by atoms with Crippen LogP contribution in [0.3, 0.4) is 0 Å². The molecule has 1 unspecified atom stereocenters. The van der Waals surface area contributed by atoms with Crippen LogP contribution in [-0.2, 0) is 6.42 Å². The number of hydrogen-bond donors (Lipinski definition) is 1. The Morgan fingerprint density at radius 3 is 2.39 bits per heavy atom. The molecule has 0 bridgehead atoms. The second kappa shape index (κ2) is 6.37. The van der Waals surface area contributed by atoms with Gasteiger partial charge in [-0.25, -0.2) is 0 Å². The van der Waals surface area contributed by atoms with E-state index in [0.29, 0.717) is 6.04 Å². The van der Waals surface area contributed by atoms with Crippen LogP contribution < -0.4 is 5.73 Å². The smallest absolute Gasteiger partial charge is 0.0640 e. The third kappa shape index (κ3) is 3.58. The van der Waals surface area contributed by atoms with Crippen LogP contribution in [0.15, 0.2) is 12.3 Å². The Balaban J connectivity index is 2.70. The molecule has 3 nitrogen and oxygen atoms in total. The van der Waals surface area contributed by atoms with Gasteiger partial charge in [-0.05, 0) is 30.7 Å². The predicted octanol–water partition coefficient (Wildman–Crippen LogP) is 3.55. The van der Waals surface area contributed by atoms with E-state index in [1.54, 1.807) is 0 Å². The first-order chi connectivity index (χ1) is 8.44. The van der Waals surface area contributed by atoms with Crippen molar-refractivity contribution in [3.8, 4) is 0 Å². The number of nitrogens with two attached hydrogens (primary N) is 1. The predicted molar refractivity (Wildman–Crippen MR) is 77.6 cm³/mol. The van der Waals surface area contributed by atoms with Gasteiger partial charge < -0.3 is 5.73 Å². The SMILES string of the molecule is CCC(CC)n1ccc(CC(N)C(C)(C)CC)n1. The Bertz CT molecular complexity index is 350. The third-order valence-corrected chi connectivity index (χ3v) is 4.32. The zero-order valence-electron chi connectivity index (χ0n) is 12.6. The summed E-state index contributed by atoms with van der Waals surface area (Å²) in [5, 5.41) is 4.68. The molecule has 0 spiro atoms. The lowest BCUT2D eigenvalue weighted by Gasteiger charge is -2.29. The van der Waals surface area contributed by atoms with E-state index in [-0.39, 0.29) is 11.5 Å². The Morgan fingerprint density at radius 2 is 1.89 bits per heavy atom. The van der Waals surface area contributed by atoms with Gasteiger partial charge in [-0.3, -0.25) is 4.68 Å². The molecule has 0 aromatic carbocycles. The van der Waals surface area contributed by atoms with Crippen LogP contribution in [0.4, 0.5) is 0 Å². The van der Waals surface area contributed by atoms with Crippen molar-refractivity contribution in [2.24, 2.45) is 11.1 Å². The average Bonchev–Trinajstić information content (AvgIpc) is 2.79. The molecule has 0 aliphatic rings. The minimum absolute atomic E-state index is 0.174. The Morgan fingerprint density at radius 1 is 1.28 bits per heavy atom. The fourth-order valence-corrected chi connectivity index (χ4v) is 2.12. The Kier molecular flexibility index (Phi) is 5.39. The molecule has 0 radical (unpaired) electrons. The van der Waals surface area contributed by atoms with Crippen LogP contribution in [0.25, 0.3) is 0 Å². The maximum absolute atomic E-state index is 6.30. The molecule has 1 heterocycles. The molecule has 2 N–H and O–H groups in total. The lowest BCUT2D eigenvalue weighted by molar-refractivity contribution is 0.270. The minimum Gasteiger partial charge on any atom is -0.327 e. The monoisotopic (exact) mass is 251 g/mol. The van der Waals surface area contributed by atoms with E-state index in [1.165, 1.54) is 0 Å². The largest absolute Gasteiger partial charge is 0.327 e. The van der Waals surface area contributed by atoms with Crippen LogP contribution in [0, 0.1) is 5.41 Å². The lowest BCUT2D eigenvalue weighted by atomic mass is 9.80.